The first-order valence-corrected chi connectivity index (χ1v) is 7.71. The van der Waals surface area contributed by atoms with Crippen LogP contribution in [0.25, 0.3) is 0 Å². The second-order valence-corrected chi connectivity index (χ2v) is 5.89. The molecule has 0 aromatic heterocycles. The molecule has 1 aromatic rings. The lowest BCUT2D eigenvalue weighted by Crippen LogP contribution is -2.22. The first-order chi connectivity index (χ1) is 10.9. The number of esters is 1. The summed E-state index contributed by atoms with van der Waals surface area (Å²) in [5.74, 6) is -1.34. The Morgan fingerprint density at radius 3 is 2.65 bits per heavy atom. The molecule has 1 heterocycles. The van der Waals surface area contributed by atoms with Gasteiger partial charge in [-0.3, -0.25) is 9.59 Å². The summed E-state index contributed by atoms with van der Waals surface area (Å²) in [5, 5.41) is 19.7. The van der Waals surface area contributed by atoms with E-state index in [0.717, 1.165) is 12.5 Å². The Labute approximate surface area is 135 Å². The predicted octanol–water partition coefficient (Wildman–Crippen LogP) is 2.34. The molecule has 126 valence electrons. The molecule has 0 amide bonds. The normalized spacial score (nSPS) is 23.4. The molecule has 1 aliphatic heterocycles. The van der Waals surface area contributed by atoms with E-state index in [2.05, 4.69) is 0 Å². The Hall–Kier alpha value is -2.08. The Morgan fingerprint density at radius 2 is 1.96 bits per heavy atom. The number of benzene rings is 1. The highest BCUT2D eigenvalue weighted by Gasteiger charge is 2.24. The van der Waals surface area contributed by atoms with Gasteiger partial charge in [-0.2, -0.15) is 0 Å². The first-order valence-electron chi connectivity index (χ1n) is 7.71. The topological polar surface area (TPSA) is 93.1 Å². The van der Waals surface area contributed by atoms with Crippen molar-refractivity contribution in [2.75, 3.05) is 7.11 Å². The van der Waals surface area contributed by atoms with E-state index in [1.54, 1.807) is 7.11 Å². The van der Waals surface area contributed by atoms with E-state index in [9.17, 15) is 19.8 Å². The first kappa shape index (κ1) is 17.3. The van der Waals surface area contributed by atoms with Crippen LogP contribution in [-0.2, 0) is 20.7 Å². The number of Topliss-reactive ketones (excluding diaryl/α,β-unsaturated/α-hetero) is 1. The third-order valence-electron chi connectivity index (χ3n) is 4.01. The van der Waals surface area contributed by atoms with Crippen LogP contribution in [0.1, 0.15) is 48.5 Å². The lowest BCUT2D eigenvalue weighted by Gasteiger charge is -2.20. The summed E-state index contributed by atoms with van der Waals surface area (Å²) in [6.07, 6.45) is 1.58. The number of hydrogen-bond donors (Lipinski definition) is 2. The molecule has 0 saturated carbocycles. The lowest BCUT2D eigenvalue weighted by atomic mass is 9.94. The summed E-state index contributed by atoms with van der Waals surface area (Å²) in [6, 6.07) is 2.41. The molecule has 2 rings (SSSR count). The highest BCUT2D eigenvalue weighted by atomic mass is 16.5. The van der Waals surface area contributed by atoms with Crippen molar-refractivity contribution >= 4 is 11.8 Å². The SMILES string of the molecule is CO[C@@H]1CCC[C@H](C)OC(=O)Cc2cc(O)cc(O)c2C(=O)C1. The molecule has 0 unspecified atom stereocenters. The molecular weight excluding hydrogens is 300 g/mol. The Kier molecular flexibility index (Phi) is 5.60. The van der Waals surface area contributed by atoms with Gasteiger partial charge in [0.05, 0.1) is 24.2 Å². The fourth-order valence-corrected chi connectivity index (χ4v) is 2.86. The van der Waals surface area contributed by atoms with Gasteiger partial charge in [-0.15, -0.1) is 0 Å². The van der Waals surface area contributed by atoms with Crippen LogP contribution < -0.4 is 0 Å². The van der Waals surface area contributed by atoms with Gasteiger partial charge in [-0.25, -0.2) is 0 Å². The van der Waals surface area contributed by atoms with E-state index in [1.807, 2.05) is 6.92 Å². The van der Waals surface area contributed by atoms with Crippen molar-refractivity contribution in [3.63, 3.8) is 0 Å². The van der Waals surface area contributed by atoms with Gasteiger partial charge in [-0.1, -0.05) is 0 Å². The molecule has 0 bridgehead atoms. The maximum Gasteiger partial charge on any atom is 0.310 e. The lowest BCUT2D eigenvalue weighted by molar-refractivity contribution is -0.147. The van der Waals surface area contributed by atoms with Crippen LogP contribution in [0.3, 0.4) is 0 Å². The van der Waals surface area contributed by atoms with Gasteiger partial charge in [0.1, 0.15) is 11.5 Å². The smallest absolute Gasteiger partial charge is 0.310 e. The van der Waals surface area contributed by atoms with E-state index in [-0.39, 0.29) is 53.5 Å². The van der Waals surface area contributed by atoms with Gasteiger partial charge in [-0.05, 0) is 37.8 Å². The maximum atomic E-state index is 12.5. The zero-order chi connectivity index (χ0) is 17.0. The van der Waals surface area contributed by atoms with Crippen molar-refractivity contribution in [2.24, 2.45) is 0 Å². The van der Waals surface area contributed by atoms with E-state index in [0.29, 0.717) is 12.8 Å². The van der Waals surface area contributed by atoms with E-state index < -0.39 is 5.97 Å². The summed E-state index contributed by atoms with van der Waals surface area (Å²) in [5.41, 5.74) is 0.315. The largest absolute Gasteiger partial charge is 0.508 e. The summed E-state index contributed by atoms with van der Waals surface area (Å²) >= 11 is 0. The molecule has 0 radical (unpaired) electrons. The number of ether oxygens (including phenoxy) is 2. The second-order valence-electron chi connectivity index (χ2n) is 5.89. The number of cyclic esters (lactones) is 1. The van der Waals surface area contributed by atoms with Crippen LogP contribution in [0, 0.1) is 0 Å². The Balaban J connectivity index is 2.40. The number of aromatic hydroxyl groups is 2. The minimum atomic E-state index is -0.486. The quantitative estimate of drug-likeness (QED) is 0.771. The molecule has 0 fully saturated rings. The fourth-order valence-electron chi connectivity index (χ4n) is 2.86. The number of phenols is 2. The van der Waals surface area contributed by atoms with E-state index in [4.69, 9.17) is 9.47 Å². The number of phenolic OH excluding ortho intramolecular Hbond substituents is 2. The number of ketones is 1. The van der Waals surface area contributed by atoms with Gasteiger partial charge >= 0.3 is 5.97 Å². The molecule has 6 nitrogen and oxygen atoms in total. The van der Waals surface area contributed by atoms with Crippen LogP contribution >= 0.6 is 0 Å². The van der Waals surface area contributed by atoms with Crippen molar-refractivity contribution in [3.8, 4) is 11.5 Å². The minimum absolute atomic E-state index is 0.0510. The van der Waals surface area contributed by atoms with Crippen molar-refractivity contribution in [2.45, 2.75) is 51.2 Å². The van der Waals surface area contributed by atoms with Crippen LogP contribution in [-0.4, -0.2) is 41.3 Å². The average molecular weight is 322 g/mol. The van der Waals surface area contributed by atoms with Gasteiger partial charge in [0, 0.05) is 19.6 Å². The van der Waals surface area contributed by atoms with Gasteiger partial charge in [0.15, 0.2) is 5.78 Å². The van der Waals surface area contributed by atoms with Crippen molar-refractivity contribution in [1.29, 1.82) is 0 Å². The molecule has 6 heteroatoms. The Bertz CT molecular complexity index is 595. The van der Waals surface area contributed by atoms with E-state index >= 15 is 0 Å². The monoisotopic (exact) mass is 322 g/mol. The minimum Gasteiger partial charge on any atom is -0.508 e. The molecule has 1 aromatic carbocycles. The zero-order valence-corrected chi connectivity index (χ0v) is 13.4. The third kappa shape index (κ3) is 4.45. The van der Waals surface area contributed by atoms with Gasteiger partial charge in [0.25, 0.3) is 0 Å². The molecule has 2 atom stereocenters. The fraction of sp³-hybridized carbons (Fsp3) is 0.529. The number of fused-ring (bicyclic) bond motifs is 1. The van der Waals surface area contributed by atoms with Gasteiger partial charge in [0.2, 0.25) is 0 Å². The van der Waals surface area contributed by atoms with Crippen molar-refractivity contribution in [1.82, 2.24) is 0 Å². The molecule has 0 saturated heterocycles. The number of rotatable bonds is 1. The summed E-state index contributed by atoms with van der Waals surface area (Å²) in [7, 11) is 1.55. The number of carbonyl (C=O) groups excluding carboxylic acids is 2. The second kappa shape index (κ2) is 7.46. The highest BCUT2D eigenvalue weighted by Crippen LogP contribution is 2.30. The molecule has 2 N–H and O–H groups in total. The van der Waals surface area contributed by atoms with Crippen molar-refractivity contribution in [3.05, 3.63) is 23.3 Å². The number of carbonyl (C=O) groups is 2. The summed E-state index contributed by atoms with van der Waals surface area (Å²) in [6.45, 7) is 1.82. The predicted molar refractivity (Wildman–Crippen MR) is 82.6 cm³/mol. The summed E-state index contributed by atoms with van der Waals surface area (Å²) in [4.78, 5) is 24.5. The average Bonchev–Trinajstić information content (AvgIpc) is 2.43. The number of methoxy groups -OCH3 is 1. The maximum absolute atomic E-state index is 12.5. The third-order valence-corrected chi connectivity index (χ3v) is 4.01. The molecule has 0 spiro atoms. The molecule has 23 heavy (non-hydrogen) atoms. The zero-order valence-electron chi connectivity index (χ0n) is 13.4. The Morgan fingerprint density at radius 1 is 1.22 bits per heavy atom. The van der Waals surface area contributed by atoms with Crippen LogP contribution in [0.4, 0.5) is 0 Å². The molecule has 0 aliphatic carbocycles. The number of hydrogen-bond acceptors (Lipinski definition) is 6. The van der Waals surface area contributed by atoms with Crippen LogP contribution in [0.2, 0.25) is 0 Å². The molecule has 1 aliphatic rings. The summed E-state index contributed by atoms with van der Waals surface area (Å²) < 4.78 is 10.7. The van der Waals surface area contributed by atoms with Crippen LogP contribution in [0.5, 0.6) is 11.5 Å². The van der Waals surface area contributed by atoms with E-state index in [1.165, 1.54) is 6.07 Å². The highest BCUT2D eigenvalue weighted by molar-refractivity contribution is 6.01. The van der Waals surface area contributed by atoms with Crippen LogP contribution in [0.15, 0.2) is 12.1 Å². The van der Waals surface area contributed by atoms with Gasteiger partial charge < -0.3 is 19.7 Å². The standard InChI is InChI=1S/C17H22O6/c1-10-4-3-5-13(22-2)9-15(20)17-11(7-16(21)23-10)6-12(18)8-14(17)19/h6,8,10,13,18-19H,3-5,7,9H2,1-2H3/t10-,13+/m0/s1. The van der Waals surface area contributed by atoms with Crippen molar-refractivity contribution < 1.29 is 29.3 Å². The molecular formula is C17H22O6.